The van der Waals surface area contributed by atoms with Crippen molar-refractivity contribution >= 4 is 29.2 Å². The summed E-state index contributed by atoms with van der Waals surface area (Å²) in [6.45, 7) is 3.93. The normalized spacial score (nSPS) is 16.1. The third-order valence-electron chi connectivity index (χ3n) is 4.65. The van der Waals surface area contributed by atoms with Crippen LogP contribution in [0.3, 0.4) is 0 Å². The predicted octanol–water partition coefficient (Wildman–Crippen LogP) is 2.76. The molecule has 0 aromatic heterocycles. The number of ether oxygens (including phenoxy) is 1. The maximum absolute atomic E-state index is 12.1. The minimum absolute atomic E-state index is 0.00613. The van der Waals surface area contributed by atoms with Crippen LogP contribution >= 0.6 is 0 Å². The molecule has 28 heavy (non-hydrogen) atoms. The standard InChI is InChI=1S/C21H22N2O5/c1-13-3-8-18(14(2)9-13)22-19(24)12-28-17-6-4-16(5-7-17)23-11-15(21(26)27)10-20(23)25/h3-9,15H,10-12H2,1-2H3,(H,22,24)(H,26,27). The average Bonchev–Trinajstić information content (AvgIpc) is 3.05. The van der Waals surface area contributed by atoms with E-state index in [4.69, 9.17) is 9.84 Å². The smallest absolute Gasteiger partial charge is 0.308 e. The summed E-state index contributed by atoms with van der Waals surface area (Å²) in [6.07, 6.45) is 0.00613. The summed E-state index contributed by atoms with van der Waals surface area (Å²) in [5.74, 6) is -1.65. The topological polar surface area (TPSA) is 95.9 Å². The number of carbonyl (C=O) groups is 3. The number of benzene rings is 2. The summed E-state index contributed by atoms with van der Waals surface area (Å²) in [7, 11) is 0. The molecule has 7 heteroatoms. The van der Waals surface area contributed by atoms with Crippen LogP contribution in [0.5, 0.6) is 5.75 Å². The van der Waals surface area contributed by atoms with Crippen molar-refractivity contribution in [2.75, 3.05) is 23.4 Å². The van der Waals surface area contributed by atoms with E-state index < -0.39 is 11.9 Å². The number of rotatable bonds is 6. The van der Waals surface area contributed by atoms with Gasteiger partial charge in [0.25, 0.3) is 5.91 Å². The van der Waals surface area contributed by atoms with Crippen LogP contribution in [0.25, 0.3) is 0 Å². The van der Waals surface area contributed by atoms with E-state index in [1.807, 2.05) is 32.0 Å². The van der Waals surface area contributed by atoms with Crippen LogP contribution in [0.4, 0.5) is 11.4 Å². The molecule has 1 aliphatic heterocycles. The lowest BCUT2D eigenvalue weighted by Gasteiger charge is -2.16. The summed E-state index contributed by atoms with van der Waals surface area (Å²) >= 11 is 0. The molecule has 2 amide bonds. The molecule has 1 fully saturated rings. The summed E-state index contributed by atoms with van der Waals surface area (Å²) in [5, 5.41) is 11.9. The maximum atomic E-state index is 12.1. The van der Waals surface area contributed by atoms with Crippen molar-refractivity contribution in [3.8, 4) is 5.75 Å². The van der Waals surface area contributed by atoms with Gasteiger partial charge in [0, 0.05) is 24.3 Å². The zero-order valence-corrected chi connectivity index (χ0v) is 15.8. The van der Waals surface area contributed by atoms with Gasteiger partial charge in [0.2, 0.25) is 5.91 Å². The van der Waals surface area contributed by atoms with Crippen LogP contribution < -0.4 is 15.0 Å². The van der Waals surface area contributed by atoms with Crippen LogP contribution in [0.2, 0.25) is 0 Å². The van der Waals surface area contributed by atoms with Gasteiger partial charge in [-0.3, -0.25) is 14.4 Å². The van der Waals surface area contributed by atoms with Crippen molar-refractivity contribution in [2.45, 2.75) is 20.3 Å². The molecule has 1 saturated heterocycles. The number of anilines is 2. The highest BCUT2D eigenvalue weighted by Crippen LogP contribution is 2.27. The Hall–Kier alpha value is -3.35. The molecule has 2 aromatic carbocycles. The van der Waals surface area contributed by atoms with Crippen molar-refractivity contribution in [3.05, 3.63) is 53.6 Å². The minimum Gasteiger partial charge on any atom is -0.484 e. The number of carbonyl (C=O) groups excluding carboxylic acids is 2. The molecule has 0 saturated carbocycles. The lowest BCUT2D eigenvalue weighted by atomic mass is 10.1. The molecular weight excluding hydrogens is 360 g/mol. The van der Waals surface area contributed by atoms with E-state index in [0.29, 0.717) is 11.4 Å². The molecular formula is C21H22N2O5. The Morgan fingerprint density at radius 2 is 1.89 bits per heavy atom. The SMILES string of the molecule is Cc1ccc(NC(=O)COc2ccc(N3CC(C(=O)O)CC3=O)cc2)c(C)c1. The number of amides is 2. The Morgan fingerprint density at radius 3 is 2.50 bits per heavy atom. The second kappa shape index (κ2) is 8.12. The second-order valence-corrected chi connectivity index (χ2v) is 6.89. The number of nitrogens with one attached hydrogen (secondary N) is 1. The van der Waals surface area contributed by atoms with Gasteiger partial charge in [-0.2, -0.15) is 0 Å². The van der Waals surface area contributed by atoms with E-state index >= 15 is 0 Å². The molecule has 0 spiro atoms. The fraction of sp³-hybridized carbons (Fsp3) is 0.286. The number of hydrogen-bond acceptors (Lipinski definition) is 4. The summed E-state index contributed by atoms with van der Waals surface area (Å²) in [6, 6.07) is 12.4. The molecule has 146 valence electrons. The molecule has 1 aliphatic rings. The summed E-state index contributed by atoms with van der Waals surface area (Å²) in [5.41, 5.74) is 3.46. The second-order valence-electron chi connectivity index (χ2n) is 6.89. The average molecular weight is 382 g/mol. The third-order valence-corrected chi connectivity index (χ3v) is 4.65. The highest BCUT2D eigenvalue weighted by atomic mass is 16.5. The first-order valence-electron chi connectivity index (χ1n) is 8.96. The number of aliphatic carboxylic acids is 1. The van der Waals surface area contributed by atoms with Gasteiger partial charge in [-0.05, 0) is 49.7 Å². The maximum Gasteiger partial charge on any atom is 0.308 e. The molecule has 1 atom stereocenters. The zero-order chi connectivity index (χ0) is 20.3. The number of carboxylic acid groups (broad SMARTS) is 1. The van der Waals surface area contributed by atoms with Gasteiger partial charge in [-0.15, -0.1) is 0 Å². The Bertz CT molecular complexity index is 908. The Kier molecular flexibility index (Phi) is 5.63. The van der Waals surface area contributed by atoms with E-state index in [9.17, 15) is 14.4 Å². The van der Waals surface area contributed by atoms with Gasteiger partial charge in [-0.1, -0.05) is 17.7 Å². The van der Waals surface area contributed by atoms with Crippen molar-refractivity contribution in [3.63, 3.8) is 0 Å². The molecule has 0 bridgehead atoms. The monoisotopic (exact) mass is 382 g/mol. The van der Waals surface area contributed by atoms with Crippen LogP contribution in [-0.4, -0.2) is 36.0 Å². The molecule has 7 nitrogen and oxygen atoms in total. The lowest BCUT2D eigenvalue weighted by Crippen LogP contribution is -2.25. The fourth-order valence-corrected chi connectivity index (χ4v) is 3.13. The fourth-order valence-electron chi connectivity index (χ4n) is 3.13. The molecule has 2 aromatic rings. The number of aryl methyl sites for hydroxylation is 2. The first-order chi connectivity index (χ1) is 13.3. The quantitative estimate of drug-likeness (QED) is 0.801. The highest BCUT2D eigenvalue weighted by Gasteiger charge is 2.34. The first-order valence-corrected chi connectivity index (χ1v) is 8.96. The summed E-state index contributed by atoms with van der Waals surface area (Å²) < 4.78 is 5.50. The van der Waals surface area contributed by atoms with E-state index in [1.54, 1.807) is 24.3 Å². The van der Waals surface area contributed by atoms with Crippen LogP contribution in [0, 0.1) is 19.8 Å². The molecule has 0 aliphatic carbocycles. The van der Waals surface area contributed by atoms with Gasteiger partial charge in [0.1, 0.15) is 5.75 Å². The molecule has 1 heterocycles. The predicted molar refractivity (Wildman–Crippen MR) is 105 cm³/mol. The molecule has 2 N–H and O–H groups in total. The van der Waals surface area contributed by atoms with Crippen LogP contribution in [-0.2, 0) is 14.4 Å². The molecule has 3 rings (SSSR count). The van der Waals surface area contributed by atoms with Crippen LogP contribution in [0.1, 0.15) is 17.5 Å². The van der Waals surface area contributed by atoms with Crippen LogP contribution in [0.15, 0.2) is 42.5 Å². The van der Waals surface area contributed by atoms with Gasteiger partial charge in [-0.25, -0.2) is 0 Å². The Balaban J connectivity index is 1.55. The van der Waals surface area contributed by atoms with Gasteiger partial charge in [0.05, 0.1) is 5.92 Å². The van der Waals surface area contributed by atoms with Crippen molar-refractivity contribution in [1.82, 2.24) is 0 Å². The summed E-state index contributed by atoms with van der Waals surface area (Å²) in [4.78, 5) is 36.6. The number of carboxylic acids is 1. The third kappa shape index (κ3) is 4.49. The first kappa shape index (κ1) is 19.4. The largest absolute Gasteiger partial charge is 0.484 e. The van der Waals surface area contributed by atoms with Crippen molar-refractivity contribution in [1.29, 1.82) is 0 Å². The Morgan fingerprint density at radius 1 is 1.18 bits per heavy atom. The Labute approximate surface area is 162 Å². The van der Waals surface area contributed by atoms with E-state index in [0.717, 1.165) is 16.8 Å². The minimum atomic E-state index is -0.967. The van der Waals surface area contributed by atoms with E-state index in [1.165, 1.54) is 4.90 Å². The number of hydrogen-bond donors (Lipinski definition) is 2. The zero-order valence-electron chi connectivity index (χ0n) is 15.8. The lowest BCUT2D eigenvalue weighted by molar-refractivity contribution is -0.141. The molecule has 0 radical (unpaired) electrons. The van der Waals surface area contributed by atoms with E-state index in [2.05, 4.69) is 5.32 Å². The van der Waals surface area contributed by atoms with Crippen molar-refractivity contribution < 1.29 is 24.2 Å². The highest BCUT2D eigenvalue weighted by molar-refractivity contribution is 5.99. The molecule has 1 unspecified atom stereocenters. The van der Waals surface area contributed by atoms with Crippen molar-refractivity contribution in [2.24, 2.45) is 5.92 Å². The van der Waals surface area contributed by atoms with E-state index in [-0.39, 0.29) is 31.4 Å². The number of nitrogens with zero attached hydrogens (tertiary/aromatic N) is 1. The van der Waals surface area contributed by atoms with Gasteiger partial charge < -0.3 is 20.1 Å². The van der Waals surface area contributed by atoms with Gasteiger partial charge >= 0.3 is 5.97 Å². The van der Waals surface area contributed by atoms with Gasteiger partial charge in [0.15, 0.2) is 6.61 Å².